The van der Waals surface area contributed by atoms with Crippen molar-refractivity contribution in [1.82, 2.24) is 4.72 Å². The highest BCUT2D eigenvalue weighted by Gasteiger charge is 2.45. The van der Waals surface area contributed by atoms with Crippen molar-refractivity contribution in [3.8, 4) is 5.75 Å². The number of halogens is 1. The number of ether oxygens (including phenoxy) is 1. The summed E-state index contributed by atoms with van der Waals surface area (Å²) in [6.45, 7) is 1.25. The number of nitrogens with zero attached hydrogens (tertiary/aromatic N) is 1. The number of hydrogen-bond donors (Lipinski definition) is 1. The van der Waals surface area contributed by atoms with Gasteiger partial charge in [-0.25, -0.2) is 13.1 Å². The first-order chi connectivity index (χ1) is 17.0. The minimum atomic E-state index is -3.42. The molecule has 1 fully saturated rings. The van der Waals surface area contributed by atoms with E-state index in [1.165, 1.54) is 17.5 Å². The molecule has 5 nitrogen and oxygen atoms in total. The van der Waals surface area contributed by atoms with Crippen molar-refractivity contribution in [2.75, 3.05) is 19.7 Å². The van der Waals surface area contributed by atoms with Crippen molar-refractivity contribution in [3.05, 3.63) is 100 Å². The Morgan fingerprint density at radius 2 is 1.77 bits per heavy atom. The van der Waals surface area contributed by atoms with Gasteiger partial charge in [-0.2, -0.15) is 0 Å². The minimum Gasteiger partial charge on any atom is -0.492 e. The number of rotatable bonds is 9. The zero-order valence-electron chi connectivity index (χ0n) is 19.5. The summed E-state index contributed by atoms with van der Waals surface area (Å²) in [5.74, 6) is 0.686. The normalized spacial score (nSPS) is 16.7. The molecule has 1 saturated carbocycles. The molecule has 7 heteroatoms. The standard InChI is InChI=1S/C28H29ClN2O3S/c29-24-10-8-23(9-11-24)28(14-4-15-28)27-26-19-25(12-7-22(26)13-16-30-27)34-18-17-31-35(32,33)20-21-5-2-1-3-6-21/h1-3,5-12,19,31H,4,13-18,20H2. The van der Waals surface area contributed by atoms with Gasteiger partial charge in [-0.15, -0.1) is 0 Å². The van der Waals surface area contributed by atoms with Crippen LogP contribution in [0.25, 0.3) is 0 Å². The first-order valence-electron chi connectivity index (χ1n) is 12.0. The molecule has 0 saturated heterocycles. The van der Waals surface area contributed by atoms with Gasteiger partial charge in [-0.1, -0.05) is 66.6 Å². The molecular weight excluding hydrogens is 480 g/mol. The Morgan fingerprint density at radius 3 is 2.49 bits per heavy atom. The summed E-state index contributed by atoms with van der Waals surface area (Å²) in [5, 5.41) is 0.740. The lowest BCUT2D eigenvalue weighted by Gasteiger charge is -2.45. The van der Waals surface area contributed by atoms with Crippen molar-refractivity contribution in [1.29, 1.82) is 0 Å². The van der Waals surface area contributed by atoms with Gasteiger partial charge in [0.25, 0.3) is 0 Å². The Morgan fingerprint density at radius 1 is 1.00 bits per heavy atom. The number of aliphatic imine (C=N–C) groups is 1. The van der Waals surface area contributed by atoms with Crippen LogP contribution in [0, 0.1) is 0 Å². The monoisotopic (exact) mass is 508 g/mol. The molecule has 0 unspecified atom stereocenters. The fourth-order valence-electron chi connectivity index (χ4n) is 5.04. The van der Waals surface area contributed by atoms with E-state index in [-0.39, 0.29) is 24.3 Å². The molecule has 1 N–H and O–H groups in total. The van der Waals surface area contributed by atoms with Gasteiger partial charge in [-0.05, 0) is 60.2 Å². The summed E-state index contributed by atoms with van der Waals surface area (Å²) in [4.78, 5) is 5.01. The second-order valence-electron chi connectivity index (χ2n) is 9.23. The Hall–Kier alpha value is -2.67. The molecule has 182 valence electrons. The molecule has 2 aliphatic rings. The van der Waals surface area contributed by atoms with E-state index in [1.807, 2.05) is 36.4 Å². The number of benzene rings is 3. The molecule has 1 aliphatic carbocycles. The molecule has 0 spiro atoms. The van der Waals surface area contributed by atoms with Crippen LogP contribution in [0.2, 0.25) is 5.02 Å². The molecule has 3 aromatic rings. The summed E-state index contributed by atoms with van der Waals surface area (Å²) in [5.41, 5.74) is 5.51. The van der Waals surface area contributed by atoms with E-state index < -0.39 is 10.0 Å². The van der Waals surface area contributed by atoms with Gasteiger partial charge in [0.2, 0.25) is 10.0 Å². The number of fused-ring (bicyclic) bond motifs is 1. The smallest absolute Gasteiger partial charge is 0.215 e. The summed E-state index contributed by atoms with van der Waals surface area (Å²) in [6.07, 6.45) is 4.23. The molecule has 35 heavy (non-hydrogen) atoms. The van der Waals surface area contributed by atoms with Gasteiger partial charge in [0, 0.05) is 29.1 Å². The SMILES string of the molecule is O=S(=O)(Cc1ccccc1)NCCOc1ccc2c(c1)C(C1(c3ccc(Cl)cc3)CCC1)=NCC2. The second-order valence-corrected chi connectivity index (χ2v) is 11.5. The van der Waals surface area contributed by atoms with E-state index in [9.17, 15) is 8.42 Å². The topological polar surface area (TPSA) is 67.8 Å². The van der Waals surface area contributed by atoms with Gasteiger partial charge in [0.05, 0.1) is 11.5 Å². The third-order valence-corrected chi connectivity index (χ3v) is 8.55. The first kappa shape index (κ1) is 24.0. The maximum atomic E-state index is 12.4. The Balaban J connectivity index is 1.27. The second kappa shape index (κ2) is 10.1. The fraction of sp³-hybridized carbons (Fsp3) is 0.321. The fourth-order valence-corrected chi connectivity index (χ4v) is 6.29. The van der Waals surface area contributed by atoms with E-state index in [2.05, 4.69) is 29.0 Å². The molecule has 5 rings (SSSR count). The zero-order chi connectivity index (χ0) is 24.3. The van der Waals surface area contributed by atoms with Crippen LogP contribution in [0.1, 0.15) is 41.5 Å². The lowest BCUT2D eigenvalue weighted by Crippen LogP contribution is -2.44. The van der Waals surface area contributed by atoms with Crippen LogP contribution < -0.4 is 9.46 Å². The minimum absolute atomic E-state index is 0.0424. The third-order valence-electron chi connectivity index (χ3n) is 6.94. The van der Waals surface area contributed by atoms with Crippen LogP contribution >= 0.6 is 11.6 Å². The van der Waals surface area contributed by atoms with E-state index in [1.54, 1.807) is 12.1 Å². The summed E-state index contributed by atoms with van der Waals surface area (Å²) in [6, 6.07) is 23.5. The number of sulfonamides is 1. The lowest BCUT2D eigenvalue weighted by atomic mass is 9.59. The van der Waals surface area contributed by atoms with Crippen LogP contribution in [0.5, 0.6) is 5.75 Å². The molecule has 1 heterocycles. The van der Waals surface area contributed by atoms with Gasteiger partial charge in [0.1, 0.15) is 12.4 Å². The molecular formula is C28H29ClN2O3S. The predicted octanol–water partition coefficient (Wildman–Crippen LogP) is 5.31. The molecule has 0 amide bonds. The molecule has 3 aromatic carbocycles. The van der Waals surface area contributed by atoms with Gasteiger partial charge >= 0.3 is 0 Å². The average molecular weight is 509 g/mol. The van der Waals surface area contributed by atoms with Crippen molar-refractivity contribution in [3.63, 3.8) is 0 Å². The quantitative estimate of drug-likeness (QED) is 0.398. The molecule has 0 atom stereocenters. The van der Waals surface area contributed by atoms with Crippen LogP contribution in [-0.2, 0) is 27.6 Å². The third kappa shape index (κ3) is 5.30. The van der Waals surface area contributed by atoms with Crippen molar-refractivity contribution in [2.24, 2.45) is 4.99 Å². The summed E-state index contributed by atoms with van der Waals surface area (Å²) in [7, 11) is -3.42. The van der Waals surface area contributed by atoms with Gasteiger partial charge < -0.3 is 4.74 Å². The first-order valence-corrected chi connectivity index (χ1v) is 14.1. The molecule has 0 radical (unpaired) electrons. The highest BCUT2D eigenvalue weighted by atomic mass is 35.5. The number of nitrogens with one attached hydrogen (secondary N) is 1. The maximum absolute atomic E-state index is 12.4. The Labute approximate surface area is 212 Å². The molecule has 1 aliphatic heterocycles. The van der Waals surface area contributed by atoms with Gasteiger partial charge in [0.15, 0.2) is 0 Å². The Bertz CT molecular complexity index is 1320. The highest BCUT2D eigenvalue weighted by molar-refractivity contribution is 7.88. The van der Waals surface area contributed by atoms with Crippen LogP contribution in [0.15, 0.2) is 77.8 Å². The summed E-state index contributed by atoms with van der Waals surface area (Å²) >= 11 is 6.15. The lowest BCUT2D eigenvalue weighted by molar-refractivity contribution is 0.322. The summed E-state index contributed by atoms with van der Waals surface area (Å²) < 4.78 is 33.3. The van der Waals surface area contributed by atoms with Crippen LogP contribution in [-0.4, -0.2) is 33.8 Å². The number of hydrogen-bond acceptors (Lipinski definition) is 4. The maximum Gasteiger partial charge on any atom is 0.215 e. The van der Waals surface area contributed by atoms with Crippen molar-refractivity contribution < 1.29 is 13.2 Å². The zero-order valence-corrected chi connectivity index (χ0v) is 21.1. The average Bonchev–Trinajstić information content (AvgIpc) is 2.83. The van der Waals surface area contributed by atoms with Crippen LogP contribution in [0.3, 0.4) is 0 Å². The van der Waals surface area contributed by atoms with Crippen molar-refractivity contribution in [2.45, 2.75) is 36.9 Å². The van der Waals surface area contributed by atoms with E-state index in [0.717, 1.165) is 53.4 Å². The van der Waals surface area contributed by atoms with E-state index in [0.29, 0.717) is 0 Å². The van der Waals surface area contributed by atoms with E-state index in [4.69, 9.17) is 21.3 Å². The van der Waals surface area contributed by atoms with Crippen molar-refractivity contribution >= 4 is 27.3 Å². The highest BCUT2D eigenvalue weighted by Crippen LogP contribution is 2.48. The van der Waals surface area contributed by atoms with E-state index >= 15 is 0 Å². The van der Waals surface area contributed by atoms with Crippen LogP contribution in [0.4, 0.5) is 0 Å². The largest absolute Gasteiger partial charge is 0.492 e. The predicted molar refractivity (Wildman–Crippen MR) is 141 cm³/mol. The molecule has 0 aromatic heterocycles. The molecule has 0 bridgehead atoms. The van der Waals surface area contributed by atoms with Gasteiger partial charge in [-0.3, -0.25) is 4.99 Å². The Kier molecular flexibility index (Phi) is 6.96.